The number of benzene rings is 1. The molecular weight excluding hydrogens is 242 g/mol. The van der Waals surface area contributed by atoms with Crippen molar-refractivity contribution in [2.45, 2.75) is 77.2 Å². The molecule has 0 bridgehead atoms. The van der Waals surface area contributed by atoms with E-state index in [4.69, 9.17) is 5.73 Å². The van der Waals surface area contributed by atoms with E-state index in [1.807, 2.05) is 0 Å². The molecule has 1 nitrogen and oxygen atoms in total. The Hall–Kier alpha value is -0.820. The zero-order valence-corrected chi connectivity index (χ0v) is 13.5. The molecule has 0 aliphatic heterocycles. The summed E-state index contributed by atoms with van der Waals surface area (Å²) in [6.07, 6.45) is 9.30. The summed E-state index contributed by atoms with van der Waals surface area (Å²) in [5.41, 5.74) is 9.55. The Kier molecular flexibility index (Phi) is 5.26. The largest absolute Gasteiger partial charge is 0.324 e. The highest BCUT2D eigenvalue weighted by Gasteiger charge is 2.22. The standard InChI is InChI=1S/C19H31N/c1-4-19(2,3)17-13-11-16(12-14-17)18(20)15-9-7-5-6-8-10-15/h11-15,18H,4-10,20H2,1-3H3. The summed E-state index contributed by atoms with van der Waals surface area (Å²) in [4.78, 5) is 0. The molecular formula is C19H31N. The predicted octanol–water partition coefficient (Wildman–Crippen LogP) is 5.34. The lowest BCUT2D eigenvalue weighted by Gasteiger charge is -2.26. The van der Waals surface area contributed by atoms with E-state index >= 15 is 0 Å². The van der Waals surface area contributed by atoms with Crippen molar-refractivity contribution < 1.29 is 0 Å². The maximum Gasteiger partial charge on any atom is 0.0323 e. The highest BCUT2D eigenvalue weighted by molar-refractivity contribution is 5.29. The fourth-order valence-electron chi connectivity index (χ4n) is 3.30. The molecule has 2 rings (SSSR count). The zero-order chi connectivity index (χ0) is 14.6. The maximum atomic E-state index is 6.53. The molecule has 20 heavy (non-hydrogen) atoms. The zero-order valence-electron chi connectivity index (χ0n) is 13.5. The van der Waals surface area contributed by atoms with Crippen LogP contribution in [0.3, 0.4) is 0 Å². The predicted molar refractivity (Wildman–Crippen MR) is 87.9 cm³/mol. The maximum absolute atomic E-state index is 6.53. The lowest BCUT2D eigenvalue weighted by molar-refractivity contribution is 0.382. The number of hydrogen-bond acceptors (Lipinski definition) is 1. The van der Waals surface area contributed by atoms with Crippen molar-refractivity contribution in [1.82, 2.24) is 0 Å². The third-order valence-corrected chi connectivity index (χ3v) is 5.37. The van der Waals surface area contributed by atoms with E-state index in [0.29, 0.717) is 5.92 Å². The Morgan fingerprint density at radius 1 is 1.05 bits per heavy atom. The van der Waals surface area contributed by atoms with Crippen LogP contribution in [0, 0.1) is 5.92 Å². The van der Waals surface area contributed by atoms with Crippen molar-refractivity contribution in [1.29, 1.82) is 0 Å². The van der Waals surface area contributed by atoms with Gasteiger partial charge in [-0.2, -0.15) is 0 Å². The lowest BCUT2D eigenvalue weighted by Crippen LogP contribution is -2.21. The first-order valence-electron chi connectivity index (χ1n) is 8.40. The molecule has 1 aromatic rings. The highest BCUT2D eigenvalue weighted by Crippen LogP contribution is 2.33. The van der Waals surface area contributed by atoms with Gasteiger partial charge in [0.05, 0.1) is 0 Å². The van der Waals surface area contributed by atoms with Crippen molar-refractivity contribution in [3.05, 3.63) is 35.4 Å². The van der Waals surface area contributed by atoms with Crippen molar-refractivity contribution in [2.75, 3.05) is 0 Å². The van der Waals surface area contributed by atoms with Gasteiger partial charge in [0, 0.05) is 6.04 Å². The van der Waals surface area contributed by atoms with E-state index < -0.39 is 0 Å². The molecule has 0 radical (unpaired) electrons. The molecule has 1 unspecified atom stereocenters. The van der Waals surface area contributed by atoms with Crippen molar-refractivity contribution >= 4 is 0 Å². The second kappa shape index (κ2) is 6.76. The fraction of sp³-hybridized carbons (Fsp3) is 0.684. The molecule has 0 saturated heterocycles. The average molecular weight is 273 g/mol. The molecule has 0 aromatic heterocycles. The summed E-state index contributed by atoms with van der Waals surface area (Å²) in [7, 11) is 0. The van der Waals surface area contributed by atoms with Crippen LogP contribution in [0.5, 0.6) is 0 Å². The van der Waals surface area contributed by atoms with Gasteiger partial charge in [-0.05, 0) is 41.7 Å². The number of rotatable bonds is 4. The van der Waals surface area contributed by atoms with Gasteiger partial charge >= 0.3 is 0 Å². The van der Waals surface area contributed by atoms with Crippen molar-refractivity contribution in [2.24, 2.45) is 11.7 Å². The molecule has 1 atom stereocenters. The monoisotopic (exact) mass is 273 g/mol. The van der Waals surface area contributed by atoms with E-state index in [0.717, 1.165) is 0 Å². The topological polar surface area (TPSA) is 26.0 Å². The SMILES string of the molecule is CCC(C)(C)c1ccc(C(N)C2CCCCCC2)cc1. The van der Waals surface area contributed by atoms with E-state index in [1.165, 1.54) is 56.1 Å². The van der Waals surface area contributed by atoms with Crippen LogP contribution in [0.4, 0.5) is 0 Å². The summed E-state index contributed by atoms with van der Waals surface area (Å²) in [5.74, 6) is 0.683. The summed E-state index contributed by atoms with van der Waals surface area (Å²) in [6.45, 7) is 6.88. The summed E-state index contributed by atoms with van der Waals surface area (Å²) in [5, 5.41) is 0. The fourth-order valence-corrected chi connectivity index (χ4v) is 3.30. The molecule has 112 valence electrons. The van der Waals surface area contributed by atoms with Crippen LogP contribution in [-0.2, 0) is 5.41 Å². The Balaban J connectivity index is 2.08. The van der Waals surface area contributed by atoms with Crippen LogP contribution in [0.2, 0.25) is 0 Å². The minimum Gasteiger partial charge on any atom is -0.324 e. The van der Waals surface area contributed by atoms with Crippen LogP contribution in [0.1, 0.15) is 82.9 Å². The van der Waals surface area contributed by atoms with E-state index in [9.17, 15) is 0 Å². The van der Waals surface area contributed by atoms with Crippen LogP contribution in [0.25, 0.3) is 0 Å². The smallest absolute Gasteiger partial charge is 0.0323 e. The quantitative estimate of drug-likeness (QED) is 0.736. The van der Waals surface area contributed by atoms with Gasteiger partial charge in [0.1, 0.15) is 0 Å². The summed E-state index contributed by atoms with van der Waals surface area (Å²) >= 11 is 0. The molecule has 1 aromatic carbocycles. The van der Waals surface area contributed by atoms with Gasteiger partial charge in [-0.3, -0.25) is 0 Å². The van der Waals surface area contributed by atoms with Gasteiger partial charge in [-0.1, -0.05) is 70.7 Å². The first-order chi connectivity index (χ1) is 9.54. The van der Waals surface area contributed by atoms with Gasteiger partial charge in [0.25, 0.3) is 0 Å². The minimum atomic E-state index is 0.229. The first kappa shape index (κ1) is 15.6. The van der Waals surface area contributed by atoms with Gasteiger partial charge in [0.2, 0.25) is 0 Å². The highest BCUT2D eigenvalue weighted by atomic mass is 14.7. The average Bonchev–Trinajstić information content (AvgIpc) is 2.75. The second-order valence-electron chi connectivity index (χ2n) is 7.14. The van der Waals surface area contributed by atoms with Gasteiger partial charge in [-0.15, -0.1) is 0 Å². The molecule has 1 heteroatoms. The van der Waals surface area contributed by atoms with Crippen LogP contribution in [0.15, 0.2) is 24.3 Å². The Morgan fingerprint density at radius 3 is 2.10 bits per heavy atom. The Bertz CT molecular complexity index is 396. The minimum absolute atomic E-state index is 0.229. The molecule has 1 fully saturated rings. The molecule has 0 heterocycles. The number of nitrogens with two attached hydrogens (primary N) is 1. The van der Waals surface area contributed by atoms with E-state index in [-0.39, 0.29) is 11.5 Å². The molecule has 0 spiro atoms. The third kappa shape index (κ3) is 3.63. The van der Waals surface area contributed by atoms with Gasteiger partial charge in [0.15, 0.2) is 0 Å². The molecule has 2 N–H and O–H groups in total. The summed E-state index contributed by atoms with van der Waals surface area (Å²) in [6, 6.07) is 9.34. The van der Waals surface area contributed by atoms with Crippen molar-refractivity contribution in [3.8, 4) is 0 Å². The summed E-state index contributed by atoms with van der Waals surface area (Å²) < 4.78 is 0. The lowest BCUT2D eigenvalue weighted by atomic mass is 9.81. The first-order valence-corrected chi connectivity index (χ1v) is 8.40. The normalized spacial score (nSPS) is 19.6. The third-order valence-electron chi connectivity index (χ3n) is 5.37. The van der Waals surface area contributed by atoms with E-state index in [2.05, 4.69) is 45.0 Å². The Labute approximate surface area is 125 Å². The van der Waals surface area contributed by atoms with Crippen LogP contribution < -0.4 is 5.73 Å². The number of hydrogen-bond donors (Lipinski definition) is 1. The van der Waals surface area contributed by atoms with Crippen LogP contribution >= 0.6 is 0 Å². The molecule has 1 aliphatic carbocycles. The van der Waals surface area contributed by atoms with Crippen molar-refractivity contribution in [3.63, 3.8) is 0 Å². The molecule has 1 aliphatic rings. The Morgan fingerprint density at radius 2 is 1.60 bits per heavy atom. The molecule has 1 saturated carbocycles. The van der Waals surface area contributed by atoms with E-state index in [1.54, 1.807) is 0 Å². The van der Waals surface area contributed by atoms with Gasteiger partial charge < -0.3 is 5.73 Å². The second-order valence-corrected chi connectivity index (χ2v) is 7.14. The van der Waals surface area contributed by atoms with Crippen LogP contribution in [-0.4, -0.2) is 0 Å². The van der Waals surface area contributed by atoms with Gasteiger partial charge in [-0.25, -0.2) is 0 Å². The molecule has 0 amide bonds.